The molecule has 11 heavy (non-hydrogen) atoms. The molecule has 1 rings (SSSR count). The summed E-state index contributed by atoms with van der Waals surface area (Å²) in [5.74, 6) is -0.896. The number of hydrogen-bond donors (Lipinski definition) is 1. The van der Waals surface area contributed by atoms with Crippen molar-refractivity contribution < 1.29 is 9.90 Å². The molecule has 0 aromatic rings. The SMILES string of the molecule is C=C(C(=O)O)N1CCCCC1. The van der Waals surface area contributed by atoms with Crippen molar-refractivity contribution in [3.63, 3.8) is 0 Å². The maximum Gasteiger partial charge on any atom is 0.351 e. The lowest BCUT2D eigenvalue weighted by Gasteiger charge is -2.27. The Bertz CT molecular complexity index is 171. The number of rotatable bonds is 2. The predicted octanol–water partition coefficient (Wildman–Crippen LogP) is 1.07. The highest BCUT2D eigenvalue weighted by Crippen LogP contribution is 2.12. The molecule has 1 fully saturated rings. The summed E-state index contributed by atoms with van der Waals surface area (Å²) in [6.07, 6.45) is 3.39. The standard InChI is InChI=1S/C8H13NO2/c1-7(8(10)11)9-5-3-2-4-6-9/h1-6H2,(H,10,11). The summed E-state index contributed by atoms with van der Waals surface area (Å²) < 4.78 is 0. The zero-order valence-corrected chi connectivity index (χ0v) is 6.55. The molecular weight excluding hydrogens is 142 g/mol. The maximum atomic E-state index is 10.5. The minimum absolute atomic E-state index is 0.240. The fourth-order valence-electron chi connectivity index (χ4n) is 1.30. The smallest absolute Gasteiger partial charge is 0.351 e. The van der Waals surface area contributed by atoms with Gasteiger partial charge in [0.2, 0.25) is 0 Å². The van der Waals surface area contributed by atoms with Gasteiger partial charge in [-0.25, -0.2) is 4.79 Å². The largest absolute Gasteiger partial charge is 0.477 e. The second-order valence-electron chi connectivity index (χ2n) is 2.80. The first-order chi connectivity index (χ1) is 5.22. The van der Waals surface area contributed by atoms with Gasteiger partial charge in [-0.2, -0.15) is 0 Å². The Morgan fingerprint density at radius 1 is 1.27 bits per heavy atom. The molecular formula is C8H13NO2. The quantitative estimate of drug-likeness (QED) is 0.606. The molecule has 0 aromatic heterocycles. The van der Waals surface area contributed by atoms with E-state index in [9.17, 15) is 4.79 Å². The Morgan fingerprint density at radius 3 is 2.27 bits per heavy atom. The van der Waals surface area contributed by atoms with Crippen LogP contribution >= 0.6 is 0 Å². The Morgan fingerprint density at radius 2 is 1.82 bits per heavy atom. The summed E-state index contributed by atoms with van der Waals surface area (Å²) in [6, 6.07) is 0. The monoisotopic (exact) mass is 155 g/mol. The molecule has 1 aliphatic heterocycles. The Labute approximate surface area is 66.3 Å². The molecule has 0 unspecified atom stereocenters. The van der Waals surface area contributed by atoms with Gasteiger partial charge in [-0.15, -0.1) is 0 Å². The molecule has 0 spiro atoms. The van der Waals surface area contributed by atoms with Gasteiger partial charge in [-0.3, -0.25) is 0 Å². The van der Waals surface area contributed by atoms with Gasteiger partial charge in [0.05, 0.1) is 0 Å². The summed E-state index contributed by atoms with van der Waals surface area (Å²) in [6.45, 7) is 5.21. The molecule has 0 bridgehead atoms. The normalized spacial score (nSPS) is 18.0. The molecule has 3 heteroatoms. The lowest BCUT2D eigenvalue weighted by Crippen LogP contribution is -2.31. The number of aliphatic carboxylic acids is 1. The molecule has 1 N–H and O–H groups in total. The van der Waals surface area contributed by atoms with E-state index < -0.39 is 5.97 Å². The van der Waals surface area contributed by atoms with E-state index in [1.165, 1.54) is 6.42 Å². The minimum Gasteiger partial charge on any atom is -0.477 e. The van der Waals surface area contributed by atoms with Crippen molar-refractivity contribution in [1.82, 2.24) is 4.90 Å². The third-order valence-electron chi connectivity index (χ3n) is 1.98. The van der Waals surface area contributed by atoms with E-state index in [0.717, 1.165) is 25.9 Å². The first kappa shape index (κ1) is 8.11. The van der Waals surface area contributed by atoms with Crippen LogP contribution in [0.5, 0.6) is 0 Å². The number of carbonyl (C=O) groups is 1. The van der Waals surface area contributed by atoms with Crippen LogP contribution in [0.25, 0.3) is 0 Å². The van der Waals surface area contributed by atoms with Gasteiger partial charge < -0.3 is 10.0 Å². The number of hydrogen-bond acceptors (Lipinski definition) is 2. The van der Waals surface area contributed by atoms with Crippen LogP contribution in [0, 0.1) is 0 Å². The van der Waals surface area contributed by atoms with Gasteiger partial charge in [0.25, 0.3) is 0 Å². The average molecular weight is 155 g/mol. The van der Waals surface area contributed by atoms with Crippen LogP contribution in [0.2, 0.25) is 0 Å². The molecule has 0 radical (unpaired) electrons. The van der Waals surface area contributed by atoms with Gasteiger partial charge in [0, 0.05) is 13.1 Å². The highest BCUT2D eigenvalue weighted by molar-refractivity contribution is 5.85. The average Bonchev–Trinajstić information content (AvgIpc) is 2.05. The summed E-state index contributed by atoms with van der Waals surface area (Å²) in [5.41, 5.74) is 0.240. The lowest BCUT2D eigenvalue weighted by molar-refractivity contribution is -0.134. The molecule has 1 aliphatic rings. The number of likely N-dealkylation sites (tertiary alicyclic amines) is 1. The first-order valence-corrected chi connectivity index (χ1v) is 3.89. The Hall–Kier alpha value is -0.990. The van der Waals surface area contributed by atoms with E-state index >= 15 is 0 Å². The van der Waals surface area contributed by atoms with E-state index in [-0.39, 0.29) is 5.70 Å². The van der Waals surface area contributed by atoms with Gasteiger partial charge >= 0.3 is 5.97 Å². The fraction of sp³-hybridized carbons (Fsp3) is 0.625. The van der Waals surface area contributed by atoms with Crippen molar-refractivity contribution in [3.05, 3.63) is 12.3 Å². The Balaban J connectivity index is 2.45. The zero-order chi connectivity index (χ0) is 8.27. The highest BCUT2D eigenvalue weighted by atomic mass is 16.4. The van der Waals surface area contributed by atoms with Crippen molar-refractivity contribution >= 4 is 5.97 Å². The molecule has 3 nitrogen and oxygen atoms in total. The summed E-state index contributed by atoms with van der Waals surface area (Å²) in [7, 11) is 0. The highest BCUT2D eigenvalue weighted by Gasteiger charge is 2.15. The molecule has 1 heterocycles. The van der Waals surface area contributed by atoms with Crippen molar-refractivity contribution in [2.75, 3.05) is 13.1 Å². The number of carboxylic acid groups (broad SMARTS) is 1. The second kappa shape index (κ2) is 3.42. The number of carboxylic acids is 1. The van der Waals surface area contributed by atoms with Crippen molar-refractivity contribution in [3.8, 4) is 0 Å². The molecule has 62 valence electrons. The second-order valence-corrected chi connectivity index (χ2v) is 2.80. The summed E-state index contributed by atoms with van der Waals surface area (Å²) in [4.78, 5) is 12.3. The van der Waals surface area contributed by atoms with Crippen LogP contribution in [0.4, 0.5) is 0 Å². The molecule has 0 aliphatic carbocycles. The van der Waals surface area contributed by atoms with E-state index in [2.05, 4.69) is 6.58 Å². The summed E-state index contributed by atoms with van der Waals surface area (Å²) in [5, 5.41) is 8.59. The van der Waals surface area contributed by atoms with Gasteiger partial charge in [0.15, 0.2) is 0 Å². The van der Waals surface area contributed by atoms with Crippen molar-refractivity contribution in [2.45, 2.75) is 19.3 Å². The van der Waals surface area contributed by atoms with Crippen molar-refractivity contribution in [1.29, 1.82) is 0 Å². The fourth-order valence-corrected chi connectivity index (χ4v) is 1.30. The van der Waals surface area contributed by atoms with E-state index in [0.29, 0.717) is 0 Å². The van der Waals surface area contributed by atoms with Crippen LogP contribution < -0.4 is 0 Å². The van der Waals surface area contributed by atoms with Crippen LogP contribution in [-0.2, 0) is 4.79 Å². The third-order valence-corrected chi connectivity index (χ3v) is 1.98. The van der Waals surface area contributed by atoms with Gasteiger partial charge in [-0.1, -0.05) is 6.58 Å². The van der Waals surface area contributed by atoms with Crippen molar-refractivity contribution in [2.24, 2.45) is 0 Å². The molecule has 0 aromatic carbocycles. The van der Waals surface area contributed by atoms with Gasteiger partial charge in [0.1, 0.15) is 5.70 Å². The van der Waals surface area contributed by atoms with E-state index in [4.69, 9.17) is 5.11 Å². The zero-order valence-electron chi connectivity index (χ0n) is 6.55. The first-order valence-electron chi connectivity index (χ1n) is 3.89. The Kier molecular flexibility index (Phi) is 2.52. The lowest BCUT2D eigenvalue weighted by atomic mass is 10.1. The topological polar surface area (TPSA) is 40.5 Å². The van der Waals surface area contributed by atoms with Crippen LogP contribution in [0.3, 0.4) is 0 Å². The van der Waals surface area contributed by atoms with E-state index in [1.807, 2.05) is 4.90 Å². The van der Waals surface area contributed by atoms with Gasteiger partial charge in [-0.05, 0) is 19.3 Å². The van der Waals surface area contributed by atoms with E-state index in [1.54, 1.807) is 0 Å². The third kappa shape index (κ3) is 1.97. The summed E-state index contributed by atoms with van der Waals surface area (Å²) >= 11 is 0. The molecule has 0 atom stereocenters. The van der Waals surface area contributed by atoms with Crippen LogP contribution in [0.15, 0.2) is 12.3 Å². The minimum atomic E-state index is -0.896. The number of nitrogens with zero attached hydrogens (tertiary/aromatic N) is 1. The van der Waals surface area contributed by atoms with Crippen LogP contribution in [0.1, 0.15) is 19.3 Å². The van der Waals surface area contributed by atoms with Crippen LogP contribution in [-0.4, -0.2) is 29.1 Å². The molecule has 1 saturated heterocycles. The number of piperidine rings is 1. The molecule has 0 amide bonds. The predicted molar refractivity (Wildman–Crippen MR) is 42.2 cm³/mol. The maximum absolute atomic E-state index is 10.5. The molecule has 0 saturated carbocycles.